The summed E-state index contributed by atoms with van der Waals surface area (Å²) < 4.78 is 6.92. The Bertz CT molecular complexity index is 524. The van der Waals surface area contributed by atoms with Gasteiger partial charge in [0.05, 0.1) is 17.6 Å². The van der Waals surface area contributed by atoms with Gasteiger partial charge < -0.3 is 4.74 Å². The summed E-state index contributed by atoms with van der Waals surface area (Å²) in [5.41, 5.74) is 2.11. The number of ether oxygens (including phenoxy) is 1. The van der Waals surface area contributed by atoms with Gasteiger partial charge in [-0.1, -0.05) is 12.1 Å². The minimum absolute atomic E-state index is 0.117. The molecular formula is C13H16N2O2S. The minimum Gasteiger partial charge on any atom is -0.466 e. The van der Waals surface area contributed by atoms with Gasteiger partial charge in [-0.15, -0.1) is 0 Å². The van der Waals surface area contributed by atoms with Gasteiger partial charge in [-0.3, -0.25) is 8.77 Å². The maximum absolute atomic E-state index is 11.2. The molecule has 2 rings (SSSR count). The van der Waals surface area contributed by atoms with Crippen LogP contribution in [0.25, 0.3) is 11.0 Å². The van der Waals surface area contributed by atoms with E-state index >= 15 is 0 Å². The lowest BCUT2D eigenvalue weighted by Crippen LogP contribution is -2.04. The number of para-hydroxylation sites is 2. The van der Waals surface area contributed by atoms with Crippen LogP contribution in [0, 0.1) is 0 Å². The Morgan fingerprint density at radius 1 is 1.44 bits per heavy atom. The van der Waals surface area contributed by atoms with Crippen LogP contribution in [0.5, 0.6) is 0 Å². The number of hydrogen-bond donors (Lipinski definition) is 0. The number of nitrogens with zero attached hydrogens (tertiary/aromatic N) is 2. The molecule has 0 saturated carbocycles. The summed E-state index contributed by atoms with van der Waals surface area (Å²) in [6.07, 6.45) is 3.11. The highest BCUT2D eigenvalue weighted by atomic mass is 32.2. The molecule has 0 saturated heterocycles. The third-order valence-corrected chi connectivity index (χ3v) is 3.52. The molecular weight excluding hydrogens is 248 g/mol. The fraction of sp³-hybridized carbons (Fsp3) is 0.385. The maximum atomic E-state index is 11.2. The first kappa shape index (κ1) is 13.0. The summed E-state index contributed by atoms with van der Waals surface area (Å²) >= 11 is 1.66. The summed E-state index contributed by atoms with van der Waals surface area (Å²) in [5, 5.41) is 0. The Morgan fingerprint density at radius 3 is 3.11 bits per heavy atom. The summed E-state index contributed by atoms with van der Waals surface area (Å²) in [6, 6.07) is 8.01. The monoisotopic (exact) mass is 264 g/mol. The van der Waals surface area contributed by atoms with Crippen LogP contribution in [-0.2, 0) is 9.53 Å². The average molecular weight is 264 g/mol. The summed E-state index contributed by atoms with van der Waals surface area (Å²) in [5.74, 6) is 0.757. The first-order valence-corrected chi connectivity index (χ1v) is 6.96. The van der Waals surface area contributed by atoms with Crippen LogP contribution in [0.2, 0.25) is 0 Å². The zero-order valence-corrected chi connectivity index (χ0v) is 11.2. The summed E-state index contributed by atoms with van der Waals surface area (Å²) in [6.45, 7) is 2.28. The predicted molar refractivity (Wildman–Crippen MR) is 73.5 cm³/mol. The van der Waals surface area contributed by atoms with Gasteiger partial charge in [-0.2, -0.15) is 0 Å². The van der Waals surface area contributed by atoms with Crippen molar-refractivity contribution in [2.24, 2.45) is 0 Å². The van der Waals surface area contributed by atoms with E-state index in [4.69, 9.17) is 4.74 Å². The van der Waals surface area contributed by atoms with Crippen LogP contribution in [0.4, 0.5) is 0 Å². The first-order chi connectivity index (χ1) is 8.81. The lowest BCUT2D eigenvalue weighted by Gasteiger charge is -2.03. The molecule has 0 spiro atoms. The topological polar surface area (TPSA) is 44.1 Å². The SMILES string of the molecule is CCOC(=O)CCCSn1cnc2ccccc21. The summed E-state index contributed by atoms with van der Waals surface area (Å²) in [4.78, 5) is 15.5. The molecule has 0 radical (unpaired) electrons. The molecule has 1 aromatic carbocycles. The fourth-order valence-electron chi connectivity index (χ4n) is 1.65. The number of imidazole rings is 1. The lowest BCUT2D eigenvalue weighted by molar-refractivity contribution is -0.143. The number of esters is 1. The molecule has 0 atom stereocenters. The molecule has 0 bridgehead atoms. The normalized spacial score (nSPS) is 10.7. The smallest absolute Gasteiger partial charge is 0.305 e. The van der Waals surface area contributed by atoms with Crippen LogP contribution in [-0.4, -0.2) is 27.3 Å². The number of aromatic nitrogens is 2. The van der Waals surface area contributed by atoms with Crippen LogP contribution in [0.1, 0.15) is 19.8 Å². The number of benzene rings is 1. The number of rotatable bonds is 6. The fourth-order valence-corrected chi connectivity index (χ4v) is 2.53. The van der Waals surface area contributed by atoms with Crippen LogP contribution < -0.4 is 0 Å². The standard InChI is InChI=1S/C13H16N2O2S/c1-2-17-13(16)8-5-9-18-15-10-14-11-6-3-4-7-12(11)15/h3-4,6-7,10H,2,5,8-9H2,1H3. The zero-order valence-electron chi connectivity index (χ0n) is 10.3. The molecule has 1 aromatic heterocycles. The van der Waals surface area contributed by atoms with Crippen molar-refractivity contribution in [2.75, 3.05) is 12.4 Å². The molecule has 0 aliphatic carbocycles. The highest BCUT2D eigenvalue weighted by molar-refractivity contribution is 7.97. The Balaban J connectivity index is 1.82. The molecule has 5 heteroatoms. The Morgan fingerprint density at radius 2 is 2.28 bits per heavy atom. The largest absolute Gasteiger partial charge is 0.466 e. The molecule has 1 heterocycles. The number of carbonyl (C=O) groups excluding carboxylic acids is 1. The van der Waals surface area contributed by atoms with E-state index in [0.29, 0.717) is 13.0 Å². The lowest BCUT2D eigenvalue weighted by atomic mass is 10.3. The number of carbonyl (C=O) groups is 1. The van der Waals surface area contributed by atoms with Gasteiger partial charge in [0.1, 0.15) is 6.33 Å². The first-order valence-electron chi connectivity index (χ1n) is 6.02. The molecule has 4 nitrogen and oxygen atoms in total. The maximum Gasteiger partial charge on any atom is 0.305 e. The molecule has 0 aliphatic rings. The molecule has 0 amide bonds. The molecule has 0 fully saturated rings. The van der Waals surface area contributed by atoms with E-state index in [0.717, 1.165) is 23.2 Å². The van der Waals surface area contributed by atoms with Gasteiger partial charge in [0, 0.05) is 12.2 Å². The van der Waals surface area contributed by atoms with Crippen molar-refractivity contribution in [3.05, 3.63) is 30.6 Å². The third-order valence-electron chi connectivity index (χ3n) is 2.48. The van der Waals surface area contributed by atoms with Crippen molar-refractivity contribution in [3.63, 3.8) is 0 Å². The average Bonchev–Trinajstić information content (AvgIpc) is 2.78. The van der Waals surface area contributed by atoms with E-state index in [1.54, 1.807) is 11.9 Å². The van der Waals surface area contributed by atoms with Crippen molar-refractivity contribution in [1.82, 2.24) is 8.96 Å². The number of fused-ring (bicyclic) bond motifs is 1. The molecule has 2 aromatic rings. The van der Waals surface area contributed by atoms with Gasteiger partial charge >= 0.3 is 5.97 Å². The predicted octanol–water partition coefficient (Wildman–Crippen LogP) is 2.88. The quantitative estimate of drug-likeness (QED) is 0.594. The third kappa shape index (κ3) is 3.26. The van der Waals surface area contributed by atoms with E-state index in [2.05, 4.69) is 4.98 Å². The van der Waals surface area contributed by atoms with Crippen molar-refractivity contribution in [3.8, 4) is 0 Å². The Hall–Kier alpha value is -1.49. The zero-order chi connectivity index (χ0) is 12.8. The van der Waals surface area contributed by atoms with E-state index in [-0.39, 0.29) is 5.97 Å². The van der Waals surface area contributed by atoms with Crippen LogP contribution in [0.3, 0.4) is 0 Å². The van der Waals surface area contributed by atoms with Crippen molar-refractivity contribution < 1.29 is 9.53 Å². The highest BCUT2D eigenvalue weighted by Gasteiger charge is 2.04. The van der Waals surface area contributed by atoms with Gasteiger partial charge in [0.25, 0.3) is 0 Å². The molecule has 0 aliphatic heterocycles. The minimum atomic E-state index is -0.117. The van der Waals surface area contributed by atoms with Gasteiger partial charge in [-0.05, 0) is 37.4 Å². The Labute approximate surface area is 110 Å². The molecule has 0 unspecified atom stereocenters. The second-order valence-corrected chi connectivity index (χ2v) is 4.86. The second kappa shape index (κ2) is 6.44. The van der Waals surface area contributed by atoms with Crippen LogP contribution >= 0.6 is 11.9 Å². The van der Waals surface area contributed by atoms with Crippen molar-refractivity contribution in [2.45, 2.75) is 19.8 Å². The van der Waals surface area contributed by atoms with Crippen LogP contribution in [0.15, 0.2) is 30.6 Å². The number of hydrogen-bond acceptors (Lipinski definition) is 4. The van der Waals surface area contributed by atoms with Gasteiger partial charge in [-0.25, -0.2) is 4.98 Å². The Kier molecular flexibility index (Phi) is 4.64. The van der Waals surface area contributed by atoms with E-state index in [1.807, 2.05) is 41.5 Å². The molecule has 18 heavy (non-hydrogen) atoms. The van der Waals surface area contributed by atoms with E-state index in [9.17, 15) is 4.79 Å². The molecule has 96 valence electrons. The second-order valence-electron chi connectivity index (χ2n) is 3.80. The van der Waals surface area contributed by atoms with Crippen molar-refractivity contribution in [1.29, 1.82) is 0 Å². The van der Waals surface area contributed by atoms with Gasteiger partial charge in [0.2, 0.25) is 0 Å². The summed E-state index contributed by atoms with van der Waals surface area (Å²) in [7, 11) is 0. The molecule has 0 N–H and O–H groups in total. The van der Waals surface area contributed by atoms with E-state index < -0.39 is 0 Å². The van der Waals surface area contributed by atoms with Crippen molar-refractivity contribution >= 4 is 29.0 Å². The van der Waals surface area contributed by atoms with E-state index in [1.165, 1.54) is 0 Å². The highest BCUT2D eigenvalue weighted by Crippen LogP contribution is 2.18. The van der Waals surface area contributed by atoms with Gasteiger partial charge in [0.15, 0.2) is 0 Å².